The molecule has 0 spiro atoms. The van der Waals surface area contributed by atoms with Gasteiger partial charge in [0.05, 0.1) is 23.9 Å². The van der Waals surface area contributed by atoms with Gasteiger partial charge in [-0.1, -0.05) is 46.3 Å². The summed E-state index contributed by atoms with van der Waals surface area (Å²) in [6.45, 7) is 0.227. The SMILES string of the molecule is O=C1/C(=C/c2ccc(Br)cc2)S/C(=N\N=C\c2ccccc2F)N1Cc1ccco1. The van der Waals surface area contributed by atoms with Crippen LogP contribution in [-0.4, -0.2) is 22.2 Å². The molecule has 0 bridgehead atoms. The molecule has 0 N–H and O–H groups in total. The van der Waals surface area contributed by atoms with Gasteiger partial charge in [-0.05, 0) is 53.7 Å². The summed E-state index contributed by atoms with van der Waals surface area (Å²) in [5.74, 6) is 0.0404. The second-order valence-corrected chi connectivity index (χ2v) is 8.21. The van der Waals surface area contributed by atoms with Crippen molar-refractivity contribution in [1.29, 1.82) is 0 Å². The molecule has 0 radical (unpaired) electrons. The summed E-state index contributed by atoms with van der Waals surface area (Å²) in [7, 11) is 0. The zero-order valence-electron chi connectivity index (χ0n) is 15.5. The van der Waals surface area contributed by atoms with Gasteiger partial charge in [-0.3, -0.25) is 9.69 Å². The number of rotatable bonds is 5. The number of benzene rings is 2. The number of hydrogen-bond donors (Lipinski definition) is 0. The van der Waals surface area contributed by atoms with Crippen LogP contribution in [-0.2, 0) is 11.3 Å². The minimum Gasteiger partial charge on any atom is -0.467 e. The molecule has 0 aliphatic carbocycles. The minimum absolute atomic E-state index is 0.195. The van der Waals surface area contributed by atoms with Gasteiger partial charge in [-0.15, -0.1) is 5.10 Å². The van der Waals surface area contributed by atoms with E-state index in [0.29, 0.717) is 21.4 Å². The third-order valence-electron chi connectivity index (χ3n) is 4.20. The first kappa shape index (κ1) is 20.3. The van der Waals surface area contributed by atoms with Crippen molar-refractivity contribution in [3.8, 4) is 0 Å². The zero-order chi connectivity index (χ0) is 20.9. The summed E-state index contributed by atoms with van der Waals surface area (Å²) in [5.41, 5.74) is 1.21. The first-order valence-corrected chi connectivity index (χ1v) is 10.6. The van der Waals surface area contributed by atoms with Gasteiger partial charge in [0.1, 0.15) is 11.6 Å². The van der Waals surface area contributed by atoms with Crippen molar-refractivity contribution < 1.29 is 13.6 Å². The van der Waals surface area contributed by atoms with Gasteiger partial charge in [0.25, 0.3) is 5.91 Å². The molecule has 2 heterocycles. The highest BCUT2D eigenvalue weighted by Crippen LogP contribution is 2.34. The lowest BCUT2D eigenvalue weighted by Crippen LogP contribution is -2.28. The number of amides is 1. The number of nitrogens with zero attached hydrogens (tertiary/aromatic N) is 3. The average Bonchev–Trinajstić information content (AvgIpc) is 3.35. The summed E-state index contributed by atoms with van der Waals surface area (Å²) >= 11 is 4.62. The maximum atomic E-state index is 13.8. The third kappa shape index (κ3) is 4.77. The monoisotopic (exact) mass is 483 g/mol. The van der Waals surface area contributed by atoms with Crippen molar-refractivity contribution in [2.45, 2.75) is 6.54 Å². The predicted octanol–water partition coefficient (Wildman–Crippen LogP) is 5.69. The van der Waals surface area contributed by atoms with E-state index >= 15 is 0 Å². The fourth-order valence-electron chi connectivity index (χ4n) is 2.71. The molecule has 8 heteroatoms. The standard InChI is InChI=1S/C22H15BrFN3O2S/c23-17-9-7-15(8-10-17)12-20-21(28)27(14-18-5-3-11-29-18)22(30-20)26-25-13-16-4-1-2-6-19(16)24/h1-13H,14H2/b20-12-,25-13+,26-22-. The molecule has 0 saturated carbocycles. The highest BCUT2D eigenvalue weighted by Gasteiger charge is 2.34. The Hall–Kier alpha value is -2.97. The Balaban J connectivity index is 1.62. The Morgan fingerprint density at radius 2 is 1.90 bits per heavy atom. The summed E-state index contributed by atoms with van der Waals surface area (Å²) in [4.78, 5) is 15.0. The topological polar surface area (TPSA) is 58.2 Å². The summed E-state index contributed by atoms with van der Waals surface area (Å²) in [6.07, 6.45) is 4.68. The van der Waals surface area contributed by atoms with Crippen LogP contribution in [0.5, 0.6) is 0 Å². The van der Waals surface area contributed by atoms with Crippen molar-refractivity contribution in [2.24, 2.45) is 10.2 Å². The van der Waals surface area contributed by atoms with E-state index in [4.69, 9.17) is 4.42 Å². The molecule has 30 heavy (non-hydrogen) atoms. The highest BCUT2D eigenvalue weighted by molar-refractivity contribution is 9.10. The van der Waals surface area contributed by atoms with Gasteiger partial charge in [0.15, 0.2) is 5.17 Å². The number of furan rings is 1. The van der Waals surface area contributed by atoms with Crippen molar-refractivity contribution in [3.05, 3.63) is 99.0 Å². The fourth-order valence-corrected chi connectivity index (χ4v) is 3.91. The molecule has 1 aromatic heterocycles. The average molecular weight is 484 g/mol. The molecule has 150 valence electrons. The Kier molecular flexibility index (Phi) is 6.25. The first-order valence-electron chi connectivity index (χ1n) is 8.95. The molecule has 4 rings (SSSR count). The maximum absolute atomic E-state index is 13.8. The van der Waals surface area contributed by atoms with Crippen LogP contribution in [0.1, 0.15) is 16.9 Å². The number of thioether (sulfide) groups is 1. The molecule has 1 aliphatic rings. The lowest BCUT2D eigenvalue weighted by molar-refractivity contribution is -0.122. The number of amidine groups is 1. The van der Waals surface area contributed by atoms with E-state index in [1.165, 1.54) is 28.9 Å². The van der Waals surface area contributed by atoms with Gasteiger partial charge in [-0.25, -0.2) is 4.39 Å². The van der Waals surface area contributed by atoms with E-state index in [-0.39, 0.29) is 18.3 Å². The van der Waals surface area contributed by atoms with E-state index in [1.54, 1.807) is 42.7 Å². The first-order chi connectivity index (χ1) is 14.6. The zero-order valence-corrected chi connectivity index (χ0v) is 17.9. The van der Waals surface area contributed by atoms with Crippen LogP contribution in [0.15, 0.2) is 90.9 Å². The van der Waals surface area contributed by atoms with Crippen molar-refractivity contribution in [2.75, 3.05) is 0 Å². The van der Waals surface area contributed by atoms with Gasteiger partial charge < -0.3 is 4.42 Å². The van der Waals surface area contributed by atoms with Crippen molar-refractivity contribution in [3.63, 3.8) is 0 Å². The third-order valence-corrected chi connectivity index (χ3v) is 5.72. The molecule has 1 amide bonds. The van der Waals surface area contributed by atoms with E-state index in [9.17, 15) is 9.18 Å². The van der Waals surface area contributed by atoms with Gasteiger partial charge >= 0.3 is 0 Å². The van der Waals surface area contributed by atoms with Crippen molar-refractivity contribution >= 4 is 51.1 Å². The molecule has 1 aliphatic heterocycles. The smallest absolute Gasteiger partial charge is 0.267 e. The van der Waals surface area contributed by atoms with Gasteiger partial charge in [-0.2, -0.15) is 5.10 Å². The second kappa shape index (κ2) is 9.23. The Labute approximate surface area is 185 Å². The summed E-state index contributed by atoms with van der Waals surface area (Å²) < 4.78 is 20.1. The maximum Gasteiger partial charge on any atom is 0.267 e. The number of carbonyl (C=O) groups excluding carboxylic acids is 1. The Morgan fingerprint density at radius 1 is 1.10 bits per heavy atom. The number of carbonyl (C=O) groups is 1. The second-order valence-electron chi connectivity index (χ2n) is 6.28. The van der Waals surface area contributed by atoms with E-state index in [2.05, 4.69) is 26.1 Å². The molecule has 0 unspecified atom stereocenters. The molecule has 5 nitrogen and oxygen atoms in total. The normalized spacial score (nSPS) is 17.0. The van der Waals surface area contributed by atoms with Crippen LogP contribution in [0.25, 0.3) is 6.08 Å². The number of halogens is 2. The quantitative estimate of drug-likeness (QED) is 0.266. The highest BCUT2D eigenvalue weighted by atomic mass is 79.9. The van der Waals surface area contributed by atoms with Gasteiger partial charge in [0, 0.05) is 10.0 Å². The van der Waals surface area contributed by atoms with Crippen LogP contribution >= 0.6 is 27.7 Å². The van der Waals surface area contributed by atoms with Crippen LogP contribution in [0.3, 0.4) is 0 Å². The summed E-state index contributed by atoms with van der Waals surface area (Å²) in [6, 6.07) is 17.5. The van der Waals surface area contributed by atoms with E-state index < -0.39 is 0 Å². The predicted molar refractivity (Wildman–Crippen MR) is 120 cm³/mol. The molecule has 0 atom stereocenters. The lowest BCUT2D eigenvalue weighted by Gasteiger charge is -2.12. The van der Waals surface area contributed by atoms with E-state index in [0.717, 1.165) is 10.0 Å². The molecule has 1 fully saturated rings. The molecule has 1 saturated heterocycles. The fraction of sp³-hybridized carbons (Fsp3) is 0.0455. The minimum atomic E-state index is -0.389. The molecule has 2 aromatic carbocycles. The van der Waals surface area contributed by atoms with Crippen LogP contribution in [0.2, 0.25) is 0 Å². The van der Waals surface area contributed by atoms with Crippen molar-refractivity contribution in [1.82, 2.24) is 4.90 Å². The van der Waals surface area contributed by atoms with Crippen LogP contribution in [0, 0.1) is 5.82 Å². The largest absolute Gasteiger partial charge is 0.467 e. The molecule has 3 aromatic rings. The number of hydrogen-bond acceptors (Lipinski definition) is 5. The van der Waals surface area contributed by atoms with Crippen LogP contribution < -0.4 is 0 Å². The van der Waals surface area contributed by atoms with E-state index in [1.807, 2.05) is 24.3 Å². The molecular formula is C22H15BrFN3O2S. The van der Waals surface area contributed by atoms with Gasteiger partial charge in [0.2, 0.25) is 0 Å². The lowest BCUT2D eigenvalue weighted by atomic mass is 10.2. The summed E-state index contributed by atoms with van der Waals surface area (Å²) in [5, 5.41) is 8.57. The Morgan fingerprint density at radius 3 is 2.63 bits per heavy atom. The van der Waals surface area contributed by atoms with Crippen LogP contribution in [0.4, 0.5) is 4.39 Å². The Bertz CT molecular complexity index is 1140. The molecular weight excluding hydrogens is 469 g/mol.